The molecular weight excluding hydrogens is 380 g/mol. The molecule has 0 saturated carbocycles. The van der Waals surface area contributed by atoms with Crippen molar-refractivity contribution in [2.45, 2.75) is 53.2 Å². The monoisotopic (exact) mass is 414 g/mol. The number of hydrogen-bond acceptors (Lipinski definition) is 4. The molecule has 0 aliphatic carbocycles. The van der Waals surface area contributed by atoms with Crippen LogP contribution in [0, 0.1) is 5.92 Å². The molecule has 2 N–H and O–H groups in total. The highest BCUT2D eigenvalue weighted by Gasteiger charge is 2.25. The molecule has 0 unspecified atom stereocenters. The summed E-state index contributed by atoms with van der Waals surface area (Å²) in [5, 5.41) is 5.87. The van der Waals surface area contributed by atoms with Crippen molar-refractivity contribution in [3.63, 3.8) is 0 Å². The Kier molecular flexibility index (Phi) is 7.92. The van der Waals surface area contributed by atoms with Crippen molar-refractivity contribution in [1.82, 2.24) is 10.2 Å². The van der Waals surface area contributed by atoms with Gasteiger partial charge in [0.15, 0.2) is 5.76 Å². The average Bonchev–Trinajstić information content (AvgIpc) is 3.19. The quantitative estimate of drug-likeness (QED) is 0.664. The predicted octanol–water partition coefficient (Wildman–Crippen LogP) is 4.56. The van der Waals surface area contributed by atoms with Crippen LogP contribution in [0.2, 0.25) is 0 Å². The number of benzene rings is 1. The summed E-state index contributed by atoms with van der Waals surface area (Å²) >= 11 is 0. The Balaban J connectivity index is 2.34. The first-order chi connectivity index (χ1) is 14.1. The Hall–Kier alpha value is -2.96. The number of rotatable bonds is 8. The van der Waals surface area contributed by atoms with Crippen LogP contribution in [0.25, 0.3) is 0 Å². The van der Waals surface area contributed by atoms with Crippen LogP contribution in [0.1, 0.15) is 50.7 Å². The minimum absolute atomic E-state index is 0.0418. The number of carbonyl (C=O) groups excluding carboxylic acids is 2. The summed E-state index contributed by atoms with van der Waals surface area (Å²) in [6, 6.07) is 9.00. The minimum Gasteiger partial charge on any atom is -0.459 e. The van der Waals surface area contributed by atoms with Crippen molar-refractivity contribution in [1.29, 1.82) is 0 Å². The lowest BCUT2D eigenvalue weighted by molar-refractivity contribution is 0.0996. The lowest BCUT2D eigenvalue weighted by atomic mass is 10.0. The lowest BCUT2D eigenvalue weighted by Crippen LogP contribution is -2.48. The third kappa shape index (κ3) is 6.02. The molecule has 2 rings (SSSR count). The van der Waals surface area contributed by atoms with E-state index in [1.165, 1.54) is 6.26 Å². The van der Waals surface area contributed by atoms with Gasteiger partial charge < -0.3 is 24.9 Å². The molecule has 0 fully saturated rings. The van der Waals surface area contributed by atoms with Crippen molar-refractivity contribution < 1.29 is 14.0 Å². The smallest absolute Gasteiger partial charge is 0.318 e. The van der Waals surface area contributed by atoms with Gasteiger partial charge >= 0.3 is 6.03 Å². The van der Waals surface area contributed by atoms with E-state index in [0.717, 1.165) is 11.3 Å². The van der Waals surface area contributed by atoms with Crippen LogP contribution in [0.15, 0.2) is 41.0 Å². The highest BCUT2D eigenvalue weighted by Crippen LogP contribution is 2.26. The number of amides is 3. The largest absolute Gasteiger partial charge is 0.459 e. The predicted molar refractivity (Wildman–Crippen MR) is 121 cm³/mol. The van der Waals surface area contributed by atoms with Crippen LogP contribution in [0.3, 0.4) is 0 Å². The number of carbonyl (C=O) groups is 2. The van der Waals surface area contributed by atoms with Gasteiger partial charge in [0.2, 0.25) is 0 Å². The maximum atomic E-state index is 12.9. The maximum absolute atomic E-state index is 12.9. The van der Waals surface area contributed by atoms with Crippen LogP contribution < -0.4 is 15.5 Å². The molecule has 1 heterocycles. The molecule has 7 nitrogen and oxygen atoms in total. The zero-order chi connectivity index (χ0) is 22.4. The summed E-state index contributed by atoms with van der Waals surface area (Å²) in [5.41, 5.74) is 2.59. The van der Waals surface area contributed by atoms with E-state index in [1.54, 1.807) is 12.1 Å². The third-order valence-corrected chi connectivity index (χ3v) is 5.03. The van der Waals surface area contributed by atoms with Gasteiger partial charge in [-0.05, 0) is 62.6 Å². The molecule has 0 bridgehead atoms. The van der Waals surface area contributed by atoms with Crippen LogP contribution in [-0.2, 0) is 6.54 Å². The van der Waals surface area contributed by atoms with Gasteiger partial charge in [-0.3, -0.25) is 4.79 Å². The fourth-order valence-electron chi connectivity index (χ4n) is 3.10. The number of furan rings is 1. The summed E-state index contributed by atoms with van der Waals surface area (Å²) in [4.78, 5) is 29.1. The Morgan fingerprint density at radius 1 is 1.07 bits per heavy atom. The van der Waals surface area contributed by atoms with Crippen molar-refractivity contribution in [3.8, 4) is 0 Å². The Bertz CT molecular complexity index is 844. The van der Waals surface area contributed by atoms with Crippen molar-refractivity contribution >= 4 is 23.3 Å². The molecule has 164 valence electrons. The SMILES string of the molecule is CC(C)NC(=O)N(Cc1cc(NC(=O)c2ccco2)ccc1N(C)C)[C@H](C)C(C)C. The van der Waals surface area contributed by atoms with E-state index in [-0.39, 0.29) is 29.8 Å². The summed E-state index contributed by atoms with van der Waals surface area (Å²) < 4.78 is 5.17. The Labute approximate surface area is 179 Å². The van der Waals surface area contributed by atoms with Gasteiger partial charge in [0.25, 0.3) is 5.91 Å². The van der Waals surface area contributed by atoms with Crippen molar-refractivity contribution in [2.24, 2.45) is 5.92 Å². The first kappa shape index (κ1) is 23.3. The molecule has 30 heavy (non-hydrogen) atoms. The van der Waals surface area contributed by atoms with E-state index < -0.39 is 0 Å². The maximum Gasteiger partial charge on any atom is 0.318 e. The van der Waals surface area contributed by atoms with Crippen LogP contribution >= 0.6 is 0 Å². The molecule has 3 amide bonds. The molecule has 0 aliphatic heterocycles. The van der Waals surface area contributed by atoms with Gasteiger partial charge in [0, 0.05) is 44.1 Å². The van der Waals surface area contributed by atoms with Gasteiger partial charge in [-0.2, -0.15) is 0 Å². The lowest BCUT2D eigenvalue weighted by Gasteiger charge is -2.34. The highest BCUT2D eigenvalue weighted by molar-refractivity contribution is 6.02. The molecule has 0 aliphatic rings. The summed E-state index contributed by atoms with van der Waals surface area (Å²) in [6.45, 7) is 10.6. The number of nitrogens with one attached hydrogen (secondary N) is 2. The topological polar surface area (TPSA) is 77.8 Å². The van der Waals surface area contributed by atoms with E-state index in [0.29, 0.717) is 18.2 Å². The van der Waals surface area contributed by atoms with Gasteiger partial charge in [0.05, 0.1) is 6.26 Å². The average molecular weight is 415 g/mol. The third-order valence-electron chi connectivity index (χ3n) is 5.03. The number of urea groups is 1. The summed E-state index contributed by atoms with van der Waals surface area (Å²) in [5.74, 6) is 0.237. The highest BCUT2D eigenvalue weighted by atomic mass is 16.3. The van der Waals surface area contributed by atoms with Gasteiger partial charge in [-0.1, -0.05) is 13.8 Å². The van der Waals surface area contributed by atoms with E-state index in [1.807, 2.05) is 55.9 Å². The molecule has 1 aromatic heterocycles. The second-order valence-electron chi connectivity index (χ2n) is 8.39. The zero-order valence-electron chi connectivity index (χ0n) is 19.0. The molecular formula is C23H34N4O3. The standard InChI is InChI=1S/C23H34N4O3/c1-15(2)17(5)27(23(29)24-16(3)4)14-18-13-19(10-11-20(18)26(6)7)25-22(28)21-9-8-12-30-21/h8-13,15-17H,14H2,1-7H3,(H,24,29)(H,25,28)/t17-/m1/s1. The van der Waals surface area contributed by atoms with E-state index in [2.05, 4.69) is 31.4 Å². The molecule has 0 spiro atoms. The second kappa shape index (κ2) is 10.2. The summed E-state index contributed by atoms with van der Waals surface area (Å²) in [7, 11) is 3.93. The molecule has 1 atom stereocenters. The fraction of sp³-hybridized carbons (Fsp3) is 0.478. The Morgan fingerprint density at radius 3 is 2.30 bits per heavy atom. The molecule has 2 aromatic rings. The van der Waals surface area contributed by atoms with Crippen LogP contribution in [-0.4, -0.2) is 43.0 Å². The van der Waals surface area contributed by atoms with Gasteiger partial charge in [-0.25, -0.2) is 4.79 Å². The van der Waals surface area contributed by atoms with E-state index in [4.69, 9.17) is 4.42 Å². The van der Waals surface area contributed by atoms with E-state index >= 15 is 0 Å². The first-order valence-corrected chi connectivity index (χ1v) is 10.3. The second-order valence-corrected chi connectivity index (χ2v) is 8.39. The van der Waals surface area contributed by atoms with Gasteiger partial charge in [-0.15, -0.1) is 0 Å². The zero-order valence-corrected chi connectivity index (χ0v) is 19.0. The number of anilines is 2. The molecule has 0 radical (unpaired) electrons. The first-order valence-electron chi connectivity index (χ1n) is 10.3. The summed E-state index contributed by atoms with van der Waals surface area (Å²) in [6.07, 6.45) is 1.47. The van der Waals surface area contributed by atoms with Crippen LogP contribution in [0.5, 0.6) is 0 Å². The van der Waals surface area contributed by atoms with Gasteiger partial charge in [0.1, 0.15) is 0 Å². The molecule has 0 saturated heterocycles. The fourth-order valence-corrected chi connectivity index (χ4v) is 3.10. The van der Waals surface area contributed by atoms with Crippen LogP contribution in [0.4, 0.5) is 16.2 Å². The van der Waals surface area contributed by atoms with Crippen molar-refractivity contribution in [2.75, 3.05) is 24.3 Å². The number of hydrogen-bond donors (Lipinski definition) is 2. The molecule has 1 aromatic carbocycles. The minimum atomic E-state index is -0.312. The Morgan fingerprint density at radius 2 is 1.77 bits per heavy atom. The normalized spacial score (nSPS) is 12.0. The van der Waals surface area contributed by atoms with Crippen molar-refractivity contribution in [3.05, 3.63) is 47.9 Å². The van der Waals surface area contributed by atoms with E-state index in [9.17, 15) is 9.59 Å². The molecule has 7 heteroatoms. The number of nitrogens with zero attached hydrogens (tertiary/aromatic N) is 2.